The summed E-state index contributed by atoms with van der Waals surface area (Å²) in [5.41, 5.74) is 5.53. The van der Waals surface area contributed by atoms with Gasteiger partial charge in [-0.3, -0.25) is 9.69 Å². The third kappa shape index (κ3) is 2.88. The fourth-order valence-electron chi connectivity index (χ4n) is 5.04. The molecule has 2 aliphatic rings. The second kappa shape index (κ2) is 7.10. The number of hydrogen-bond donors (Lipinski definition) is 0. The summed E-state index contributed by atoms with van der Waals surface area (Å²) < 4.78 is 2.25. The fraction of sp³-hybridized carbons (Fsp3) is 0.360. The Morgan fingerprint density at radius 1 is 1.03 bits per heavy atom. The molecule has 154 valence electrons. The van der Waals surface area contributed by atoms with Gasteiger partial charge in [0.25, 0.3) is 5.91 Å². The predicted octanol–water partition coefficient (Wildman–Crippen LogP) is 4.07. The number of hydrogen-bond acceptors (Lipinski definition) is 3. The van der Waals surface area contributed by atoms with Crippen molar-refractivity contribution in [2.45, 2.75) is 38.8 Å². The van der Waals surface area contributed by atoms with E-state index in [0.717, 1.165) is 49.4 Å². The van der Waals surface area contributed by atoms with Gasteiger partial charge in [0.1, 0.15) is 5.82 Å². The van der Waals surface area contributed by atoms with Crippen LogP contribution in [0.3, 0.4) is 0 Å². The Balaban J connectivity index is 1.44. The molecule has 3 heterocycles. The average molecular weight is 401 g/mol. The summed E-state index contributed by atoms with van der Waals surface area (Å²) in [6, 6.07) is 14.6. The molecular formula is C25H28N4O. The van der Waals surface area contributed by atoms with Gasteiger partial charge in [-0.2, -0.15) is 0 Å². The molecule has 1 aromatic heterocycles. The van der Waals surface area contributed by atoms with Crippen LogP contribution in [0.2, 0.25) is 0 Å². The first-order valence-corrected chi connectivity index (χ1v) is 10.7. The summed E-state index contributed by atoms with van der Waals surface area (Å²) in [4.78, 5) is 22.4. The molecule has 3 aromatic rings. The van der Waals surface area contributed by atoms with E-state index in [-0.39, 0.29) is 11.4 Å². The highest BCUT2D eigenvalue weighted by Crippen LogP contribution is 2.42. The van der Waals surface area contributed by atoms with Crippen LogP contribution in [-0.2, 0) is 12.1 Å². The molecule has 1 amide bonds. The van der Waals surface area contributed by atoms with E-state index in [1.165, 1.54) is 16.8 Å². The van der Waals surface area contributed by atoms with Crippen molar-refractivity contribution in [2.24, 2.45) is 0 Å². The van der Waals surface area contributed by atoms with Crippen molar-refractivity contribution in [1.82, 2.24) is 19.4 Å². The standard InChI is InChI=1S/C25H28N4O/c1-18-8-9-20(16-19(18)2)23(30)28-13-10-25(11-14-28)24-26-12-15-29(24)22-7-5-4-6-21(22)17-27(25)3/h4-9,12,15-16H,10-11,13-14,17H2,1-3H3. The second-order valence-corrected chi connectivity index (χ2v) is 8.73. The van der Waals surface area contributed by atoms with Crippen molar-refractivity contribution >= 4 is 5.91 Å². The first kappa shape index (κ1) is 19.1. The van der Waals surface area contributed by atoms with Crippen molar-refractivity contribution in [3.8, 4) is 5.69 Å². The van der Waals surface area contributed by atoms with E-state index in [4.69, 9.17) is 4.98 Å². The molecule has 30 heavy (non-hydrogen) atoms. The highest BCUT2D eigenvalue weighted by atomic mass is 16.2. The van der Waals surface area contributed by atoms with E-state index in [2.05, 4.69) is 60.8 Å². The molecule has 0 aliphatic carbocycles. The van der Waals surface area contributed by atoms with Crippen LogP contribution in [0.4, 0.5) is 0 Å². The Kier molecular flexibility index (Phi) is 4.51. The highest BCUT2D eigenvalue weighted by molar-refractivity contribution is 5.94. The highest BCUT2D eigenvalue weighted by Gasteiger charge is 2.45. The van der Waals surface area contributed by atoms with Gasteiger partial charge in [-0.05, 0) is 68.6 Å². The van der Waals surface area contributed by atoms with Crippen LogP contribution in [0.1, 0.15) is 45.7 Å². The van der Waals surface area contributed by atoms with Crippen molar-refractivity contribution in [3.63, 3.8) is 0 Å². The van der Waals surface area contributed by atoms with Gasteiger partial charge in [0, 0.05) is 37.6 Å². The van der Waals surface area contributed by atoms with Crippen LogP contribution in [-0.4, -0.2) is 45.4 Å². The molecule has 5 nitrogen and oxygen atoms in total. The number of imidazole rings is 1. The lowest BCUT2D eigenvalue weighted by Crippen LogP contribution is -2.53. The number of rotatable bonds is 1. The zero-order valence-corrected chi connectivity index (χ0v) is 17.9. The summed E-state index contributed by atoms with van der Waals surface area (Å²) >= 11 is 0. The average Bonchev–Trinajstić information content (AvgIpc) is 3.23. The fourth-order valence-corrected chi connectivity index (χ4v) is 5.04. The van der Waals surface area contributed by atoms with Crippen molar-refractivity contribution in [3.05, 3.63) is 82.9 Å². The van der Waals surface area contributed by atoms with E-state index < -0.39 is 0 Å². The van der Waals surface area contributed by atoms with E-state index in [9.17, 15) is 4.79 Å². The van der Waals surface area contributed by atoms with Crippen LogP contribution >= 0.6 is 0 Å². The van der Waals surface area contributed by atoms with Gasteiger partial charge >= 0.3 is 0 Å². The molecule has 0 bridgehead atoms. The summed E-state index contributed by atoms with van der Waals surface area (Å²) in [6.45, 7) is 6.49. The number of para-hydroxylation sites is 1. The van der Waals surface area contributed by atoms with Crippen molar-refractivity contribution in [2.75, 3.05) is 20.1 Å². The molecule has 0 saturated carbocycles. The minimum Gasteiger partial charge on any atom is -0.338 e. The van der Waals surface area contributed by atoms with E-state index in [1.54, 1.807) is 0 Å². The largest absolute Gasteiger partial charge is 0.338 e. The number of nitrogens with zero attached hydrogens (tertiary/aromatic N) is 4. The van der Waals surface area contributed by atoms with Crippen LogP contribution in [0.15, 0.2) is 54.9 Å². The minimum absolute atomic E-state index is 0.135. The molecule has 5 heteroatoms. The second-order valence-electron chi connectivity index (χ2n) is 8.73. The smallest absolute Gasteiger partial charge is 0.253 e. The van der Waals surface area contributed by atoms with Crippen molar-refractivity contribution in [1.29, 1.82) is 0 Å². The maximum Gasteiger partial charge on any atom is 0.253 e. The Morgan fingerprint density at radius 2 is 1.80 bits per heavy atom. The van der Waals surface area contributed by atoms with Crippen LogP contribution in [0.25, 0.3) is 5.69 Å². The molecule has 0 radical (unpaired) electrons. The minimum atomic E-state index is -0.164. The van der Waals surface area contributed by atoms with E-state index in [0.29, 0.717) is 0 Å². The number of amides is 1. The number of carbonyl (C=O) groups is 1. The molecule has 2 aliphatic heterocycles. The molecule has 2 aromatic carbocycles. The van der Waals surface area contributed by atoms with Gasteiger partial charge in [-0.15, -0.1) is 0 Å². The number of aromatic nitrogens is 2. The monoisotopic (exact) mass is 400 g/mol. The maximum absolute atomic E-state index is 13.1. The van der Waals surface area contributed by atoms with Crippen LogP contribution in [0, 0.1) is 13.8 Å². The lowest BCUT2D eigenvalue weighted by Gasteiger charge is -2.46. The molecule has 0 atom stereocenters. The molecule has 0 unspecified atom stereocenters. The Labute approximate surface area is 178 Å². The maximum atomic E-state index is 13.1. The normalized spacial score (nSPS) is 18.0. The number of benzene rings is 2. The molecule has 1 fully saturated rings. The topological polar surface area (TPSA) is 41.4 Å². The zero-order valence-electron chi connectivity index (χ0n) is 17.9. The van der Waals surface area contributed by atoms with E-state index in [1.807, 2.05) is 29.3 Å². The third-order valence-electron chi connectivity index (χ3n) is 7.08. The summed E-state index contributed by atoms with van der Waals surface area (Å²) in [5.74, 6) is 1.23. The number of carbonyl (C=O) groups excluding carboxylic acids is 1. The SMILES string of the molecule is Cc1ccc(C(=O)N2CCC3(CC2)c2nccn2-c2ccccc2CN3C)cc1C. The predicted molar refractivity (Wildman–Crippen MR) is 118 cm³/mol. The van der Waals surface area contributed by atoms with Gasteiger partial charge in [-0.1, -0.05) is 24.3 Å². The van der Waals surface area contributed by atoms with Gasteiger partial charge in [0.05, 0.1) is 11.2 Å². The van der Waals surface area contributed by atoms with Crippen molar-refractivity contribution < 1.29 is 4.79 Å². The molecular weight excluding hydrogens is 372 g/mol. The van der Waals surface area contributed by atoms with Crippen LogP contribution in [0.5, 0.6) is 0 Å². The summed E-state index contributed by atoms with van der Waals surface area (Å²) in [5, 5.41) is 0. The number of likely N-dealkylation sites (tertiary alicyclic amines) is 1. The number of aryl methyl sites for hydroxylation is 2. The first-order valence-electron chi connectivity index (χ1n) is 10.7. The Hall–Kier alpha value is -2.92. The van der Waals surface area contributed by atoms with Crippen LogP contribution < -0.4 is 0 Å². The van der Waals surface area contributed by atoms with Gasteiger partial charge in [0.2, 0.25) is 0 Å². The van der Waals surface area contributed by atoms with E-state index >= 15 is 0 Å². The lowest BCUT2D eigenvalue weighted by molar-refractivity contribution is 0.0230. The summed E-state index contributed by atoms with van der Waals surface area (Å²) in [7, 11) is 2.20. The Bertz CT molecular complexity index is 1110. The zero-order chi connectivity index (χ0) is 20.9. The lowest BCUT2D eigenvalue weighted by atomic mass is 9.84. The van der Waals surface area contributed by atoms with Gasteiger partial charge in [0.15, 0.2) is 0 Å². The summed E-state index contributed by atoms with van der Waals surface area (Å²) in [6.07, 6.45) is 5.73. The molecule has 1 saturated heterocycles. The first-order chi connectivity index (χ1) is 14.5. The molecule has 5 rings (SSSR count). The Morgan fingerprint density at radius 3 is 2.57 bits per heavy atom. The third-order valence-corrected chi connectivity index (χ3v) is 7.08. The molecule has 1 spiro atoms. The quantitative estimate of drug-likeness (QED) is 0.618. The van der Waals surface area contributed by atoms with Gasteiger partial charge in [-0.25, -0.2) is 4.98 Å². The molecule has 0 N–H and O–H groups in total. The number of fused-ring (bicyclic) bond motifs is 4. The number of piperidine rings is 1. The van der Waals surface area contributed by atoms with Gasteiger partial charge < -0.3 is 9.47 Å².